The van der Waals surface area contributed by atoms with E-state index in [0.717, 1.165) is 96.4 Å². The van der Waals surface area contributed by atoms with Crippen LogP contribution in [0.4, 0.5) is 0 Å². The Hall–Kier alpha value is -5.97. The highest BCUT2D eigenvalue weighted by atomic mass is 16.7. The van der Waals surface area contributed by atoms with Crippen LogP contribution in [-0.2, 0) is 82.3 Å². The maximum Gasteiger partial charge on any atom is 0.220 e. The normalized spacial score (nSPS) is 16.9. The molecule has 0 spiro atoms. The SMILES string of the molecule is CCCCCCCCCCCCCC[C@@H](OCc1ccc(OC)cc1)[C@@H](OCc1ccc(OC)cc1)[C@H](CO[C@H]1O[C@H](COCc2ccccc2)[C@H](OCc2ccccc2)[C@H](OCc2ccccc2)[C@H]1OCc1ccccc1)NC(=O)CCCCCCN(CCCCCCCC)CCCCCCCC. The molecule has 0 radical (unpaired) electrons. The molecule has 1 aliphatic heterocycles. The van der Waals surface area contributed by atoms with E-state index in [1.54, 1.807) is 14.2 Å². The van der Waals surface area contributed by atoms with Crippen LogP contribution < -0.4 is 14.8 Å². The molecule has 1 saturated heterocycles. The highest BCUT2D eigenvalue weighted by Gasteiger charge is 2.50. The smallest absolute Gasteiger partial charge is 0.220 e. The van der Waals surface area contributed by atoms with Gasteiger partial charge in [0, 0.05) is 6.42 Å². The Kier molecular flexibility index (Phi) is 44.8. The Morgan fingerprint density at radius 1 is 0.394 bits per heavy atom. The molecule has 13 heteroatoms. The van der Waals surface area contributed by atoms with Crippen LogP contribution in [-0.4, -0.2) is 107 Å². The van der Waals surface area contributed by atoms with Gasteiger partial charge in [-0.1, -0.05) is 320 Å². The van der Waals surface area contributed by atoms with Gasteiger partial charge in [0.2, 0.25) is 5.91 Å². The van der Waals surface area contributed by atoms with E-state index in [1.165, 1.54) is 148 Å². The van der Waals surface area contributed by atoms with Crippen LogP contribution in [0, 0.1) is 0 Å². The third-order valence-corrected chi connectivity index (χ3v) is 20.2. The number of methoxy groups -OCH3 is 2. The molecule has 0 bridgehead atoms. The molecule has 0 unspecified atom stereocenters. The van der Waals surface area contributed by atoms with Crippen molar-refractivity contribution in [2.75, 3.05) is 47.1 Å². The zero-order valence-electron chi connectivity index (χ0n) is 64.7. The summed E-state index contributed by atoms with van der Waals surface area (Å²) in [6, 6.07) is 56.1. The third-order valence-electron chi connectivity index (χ3n) is 20.2. The number of amides is 1. The second kappa shape index (κ2) is 54.6. The molecule has 6 aromatic carbocycles. The minimum Gasteiger partial charge on any atom is -0.497 e. The molecule has 13 nitrogen and oxygen atoms in total. The number of nitrogens with zero attached hydrogens (tertiary/aromatic N) is 1. The van der Waals surface area contributed by atoms with Crippen molar-refractivity contribution in [1.82, 2.24) is 10.2 Å². The molecule has 0 saturated carbocycles. The van der Waals surface area contributed by atoms with Crippen LogP contribution in [0.15, 0.2) is 170 Å². The van der Waals surface area contributed by atoms with Crippen molar-refractivity contribution in [3.8, 4) is 11.5 Å². The fourth-order valence-corrected chi connectivity index (χ4v) is 14.0. The monoisotopic (exact) mass is 1430 g/mol. The lowest BCUT2D eigenvalue weighted by atomic mass is 9.97. The molecule has 0 aliphatic carbocycles. The van der Waals surface area contributed by atoms with Crippen LogP contribution in [0.25, 0.3) is 0 Å². The third kappa shape index (κ3) is 35.2. The Morgan fingerprint density at radius 3 is 1.21 bits per heavy atom. The summed E-state index contributed by atoms with van der Waals surface area (Å²) in [5, 5.41) is 3.59. The molecule has 1 heterocycles. The maximum atomic E-state index is 15.2. The molecule has 104 heavy (non-hydrogen) atoms. The minimum atomic E-state index is -1.04. The van der Waals surface area contributed by atoms with Crippen molar-refractivity contribution in [2.45, 2.75) is 302 Å². The topological polar surface area (TPSA) is 125 Å². The second-order valence-electron chi connectivity index (χ2n) is 28.9. The second-order valence-corrected chi connectivity index (χ2v) is 28.9. The van der Waals surface area contributed by atoms with Crippen LogP contribution in [0.3, 0.4) is 0 Å². The van der Waals surface area contributed by atoms with Gasteiger partial charge >= 0.3 is 0 Å². The summed E-state index contributed by atoms with van der Waals surface area (Å²) in [4.78, 5) is 17.9. The predicted octanol–water partition coefficient (Wildman–Crippen LogP) is 21.4. The average molecular weight is 1430 g/mol. The van der Waals surface area contributed by atoms with Gasteiger partial charge in [-0.3, -0.25) is 4.79 Å². The fraction of sp³-hybridized carbons (Fsp3) is 0.593. The number of carbonyl (C=O) groups is 1. The predicted molar refractivity (Wildman–Crippen MR) is 423 cm³/mol. The summed E-state index contributed by atoms with van der Waals surface area (Å²) in [6.45, 7) is 12.2. The standard InChI is InChI=1S/C91H134N2O11/c1-6-9-12-15-18-19-20-21-22-23-24-41-54-84(98-68-79-56-60-81(95-4)61-57-79)87(99-72-80-58-62-82(96-5)63-59-80)83(92-86(94)55-42-25-28-45-66-93(64-43-26-16-13-10-7-2)65-44-27-17-14-11-8-3)73-103-91-90(102-71-78-52-39-32-40-53-78)89(101-70-77-50-37-31-38-51-77)88(100-69-76-48-35-30-36-49-76)85(104-91)74-97-67-75-46-33-29-34-47-75/h29-40,46-53,56-63,83-85,87-91H,6-28,41-45,54-55,64-74H2,1-5H3,(H,92,94)/t83-,84+,85+,87-,88-,89-,90+,91-/m0/s1. The van der Waals surface area contributed by atoms with Crippen molar-refractivity contribution in [1.29, 1.82) is 0 Å². The largest absolute Gasteiger partial charge is 0.497 e. The fourth-order valence-electron chi connectivity index (χ4n) is 14.0. The zero-order chi connectivity index (χ0) is 73.0. The van der Waals surface area contributed by atoms with Gasteiger partial charge in [-0.2, -0.15) is 0 Å². The van der Waals surface area contributed by atoms with Crippen LogP contribution >= 0.6 is 0 Å². The van der Waals surface area contributed by atoms with E-state index in [1.807, 2.05) is 109 Å². The minimum absolute atomic E-state index is 0.0126. The molecule has 574 valence electrons. The summed E-state index contributed by atoms with van der Waals surface area (Å²) in [6.07, 6.45) is 30.3. The van der Waals surface area contributed by atoms with Gasteiger partial charge in [-0.25, -0.2) is 0 Å². The van der Waals surface area contributed by atoms with Crippen LogP contribution in [0.5, 0.6) is 11.5 Å². The van der Waals surface area contributed by atoms with Gasteiger partial charge in [0.05, 0.1) is 79.2 Å². The lowest BCUT2D eigenvalue weighted by Crippen LogP contribution is -2.62. The zero-order valence-corrected chi connectivity index (χ0v) is 64.7. The number of hydrogen-bond acceptors (Lipinski definition) is 12. The molecule has 0 aromatic heterocycles. The summed E-state index contributed by atoms with van der Waals surface area (Å²) < 4.78 is 68.7. The first-order chi connectivity index (χ1) is 51.4. The molecular formula is C91H134N2O11. The van der Waals surface area contributed by atoms with E-state index in [9.17, 15) is 0 Å². The van der Waals surface area contributed by atoms with Gasteiger partial charge in [0.25, 0.3) is 0 Å². The van der Waals surface area contributed by atoms with Gasteiger partial charge in [0.15, 0.2) is 6.29 Å². The first-order valence-electron chi connectivity index (χ1n) is 40.7. The summed E-state index contributed by atoms with van der Waals surface area (Å²) in [7, 11) is 3.37. The Morgan fingerprint density at radius 2 is 0.769 bits per heavy atom. The van der Waals surface area contributed by atoms with Crippen molar-refractivity contribution < 1.29 is 52.2 Å². The summed E-state index contributed by atoms with van der Waals surface area (Å²) >= 11 is 0. The molecule has 6 aromatic rings. The van der Waals surface area contributed by atoms with E-state index in [4.69, 9.17) is 47.4 Å². The van der Waals surface area contributed by atoms with Crippen molar-refractivity contribution in [3.63, 3.8) is 0 Å². The van der Waals surface area contributed by atoms with Gasteiger partial charge in [-0.15, -0.1) is 0 Å². The number of rotatable bonds is 61. The number of carbonyl (C=O) groups excluding carboxylic acids is 1. The number of benzene rings is 6. The molecule has 1 aliphatic rings. The number of ether oxygens (including phenoxy) is 10. The highest BCUT2D eigenvalue weighted by molar-refractivity contribution is 5.76. The van der Waals surface area contributed by atoms with Gasteiger partial charge in [-0.05, 0) is 109 Å². The average Bonchev–Trinajstić information content (AvgIpc) is 0.787. The molecule has 8 atom stereocenters. The molecule has 1 N–H and O–H groups in total. The van der Waals surface area contributed by atoms with Gasteiger partial charge < -0.3 is 57.6 Å². The van der Waals surface area contributed by atoms with E-state index in [2.05, 4.69) is 91.7 Å². The summed E-state index contributed by atoms with van der Waals surface area (Å²) in [5.41, 5.74) is 5.99. The summed E-state index contributed by atoms with van der Waals surface area (Å²) in [5.74, 6) is 1.48. The molecule has 7 rings (SSSR count). The Balaban J connectivity index is 1.21. The lowest BCUT2D eigenvalue weighted by Gasteiger charge is -2.46. The van der Waals surface area contributed by atoms with Crippen LogP contribution in [0.2, 0.25) is 0 Å². The quantitative estimate of drug-likeness (QED) is 0.0366. The van der Waals surface area contributed by atoms with Gasteiger partial charge in [0.1, 0.15) is 42.0 Å². The van der Waals surface area contributed by atoms with Crippen molar-refractivity contribution >= 4 is 5.91 Å². The lowest BCUT2D eigenvalue weighted by molar-refractivity contribution is -0.330. The number of hydrogen-bond donors (Lipinski definition) is 1. The van der Waals surface area contributed by atoms with E-state index < -0.39 is 49.0 Å². The van der Waals surface area contributed by atoms with Crippen molar-refractivity contribution in [3.05, 3.63) is 203 Å². The Bertz CT molecular complexity index is 2980. The molecule has 1 fully saturated rings. The molecule has 1 amide bonds. The van der Waals surface area contributed by atoms with E-state index >= 15 is 4.79 Å². The highest BCUT2D eigenvalue weighted by Crippen LogP contribution is 2.33. The van der Waals surface area contributed by atoms with Crippen LogP contribution in [0.1, 0.15) is 247 Å². The van der Waals surface area contributed by atoms with E-state index in [0.29, 0.717) is 32.7 Å². The first-order valence-corrected chi connectivity index (χ1v) is 40.7. The number of nitrogens with one attached hydrogen (secondary N) is 1. The Labute approximate surface area is 628 Å². The maximum absolute atomic E-state index is 15.2. The van der Waals surface area contributed by atoms with E-state index in [-0.39, 0.29) is 38.9 Å². The molecular weight excluding hydrogens is 1300 g/mol. The number of unbranched alkanes of at least 4 members (excludes halogenated alkanes) is 24. The van der Waals surface area contributed by atoms with Crippen molar-refractivity contribution in [2.24, 2.45) is 0 Å². The first kappa shape index (κ1) is 85.3.